The van der Waals surface area contributed by atoms with E-state index < -0.39 is 6.10 Å². The van der Waals surface area contributed by atoms with E-state index in [4.69, 9.17) is 9.97 Å². The second-order valence-electron chi connectivity index (χ2n) is 6.24. The number of hydrogen-bond acceptors (Lipinski definition) is 7. The molecule has 1 aliphatic heterocycles. The summed E-state index contributed by atoms with van der Waals surface area (Å²) in [6.45, 7) is 3.59. The van der Waals surface area contributed by atoms with Crippen LogP contribution < -0.4 is 10.6 Å². The van der Waals surface area contributed by atoms with Gasteiger partial charge in [-0.05, 0) is 32.0 Å². The molecule has 132 valence electrons. The monoisotopic (exact) mass is 365 g/mol. The van der Waals surface area contributed by atoms with Gasteiger partial charge in [0.05, 0.1) is 10.3 Å². The number of rotatable bonds is 3. The zero-order chi connectivity index (χ0) is 17.9. The summed E-state index contributed by atoms with van der Waals surface area (Å²) in [6, 6.07) is 4.15. The number of aromatic nitrogens is 3. The van der Waals surface area contributed by atoms with Crippen molar-refractivity contribution < 1.29 is 5.11 Å². The second kappa shape index (κ2) is 7.38. The van der Waals surface area contributed by atoms with E-state index in [1.165, 1.54) is 0 Å². The van der Waals surface area contributed by atoms with Gasteiger partial charge < -0.3 is 15.7 Å². The topological polar surface area (TPSA) is 83.0 Å². The van der Waals surface area contributed by atoms with Crippen LogP contribution in [0.3, 0.4) is 0 Å². The van der Waals surface area contributed by atoms with Crippen LogP contribution >= 0.6 is 11.3 Å². The highest BCUT2D eigenvalue weighted by atomic mass is 32.1. The molecule has 4 rings (SSSR count). The molecule has 1 aliphatic rings. The van der Waals surface area contributed by atoms with E-state index in [0.717, 1.165) is 46.7 Å². The molecule has 0 saturated carbocycles. The van der Waals surface area contributed by atoms with Gasteiger partial charge in [0.15, 0.2) is 5.82 Å². The van der Waals surface area contributed by atoms with Crippen molar-refractivity contribution in [1.82, 2.24) is 20.3 Å². The first-order chi connectivity index (χ1) is 12.7. The summed E-state index contributed by atoms with van der Waals surface area (Å²) >= 11 is 1.58. The Balaban J connectivity index is 1.84. The Morgan fingerprint density at radius 1 is 1.35 bits per heavy atom. The number of pyridine rings is 1. The molecule has 7 heteroatoms. The predicted molar refractivity (Wildman–Crippen MR) is 104 cm³/mol. The summed E-state index contributed by atoms with van der Waals surface area (Å²) in [6.07, 6.45) is 3.86. The molecule has 3 aromatic rings. The largest absolute Gasteiger partial charge is 0.381 e. The summed E-state index contributed by atoms with van der Waals surface area (Å²) in [5.74, 6) is 7.32. The predicted octanol–water partition coefficient (Wildman–Crippen LogP) is 2.26. The molecule has 2 atom stereocenters. The van der Waals surface area contributed by atoms with E-state index in [-0.39, 0.29) is 0 Å². The highest BCUT2D eigenvalue weighted by Gasteiger charge is 2.19. The van der Waals surface area contributed by atoms with Crippen LogP contribution in [0.2, 0.25) is 0 Å². The fraction of sp³-hybridized carbons (Fsp3) is 0.316. The molecule has 4 heterocycles. The van der Waals surface area contributed by atoms with Crippen molar-refractivity contribution in [2.24, 2.45) is 0 Å². The number of aliphatic hydroxyl groups is 1. The van der Waals surface area contributed by atoms with Gasteiger partial charge >= 0.3 is 0 Å². The van der Waals surface area contributed by atoms with Gasteiger partial charge in [-0.2, -0.15) is 0 Å². The minimum Gasteiger partial charge on any atom is -0.381 e. The maximum Gasteiger partial charge on any atom is 0.162 e. The summed E-state index contributed by atoms with van der Waals surface area (Å²) in [5.41, 5.74) is 2.55. The van der Waals surface area contributed by atoms with Crippen LogP contribution in [0.1, 0.15) is 18.9 Å². The lowest BCUT2D eigenvalue weighted by atomic mass is 10.2. The minimum absolute atomic E-state index is 0.354. The molecular weight excluding hydrogens is 346 g/mol. The molecule has 0 bridgehead atoms. The van der Waals surface area contributed by atoms with Crippen molar-refractivity contribution in [3.8, 4) is 23.2 Å². The Labute approximate surface area is 155 Å². The molecule has 0 radical (unpaired) electrons. The van der Waals surface area contributed by atoms with Gasteiger partial charge in [0.25, 0.3) is 0 Å². The van der Waals surface area contributed by atoms with Gasteiger partial charge in [0.1, 0.15) is 17.4 Å². The zero-order valence-corrected chi connectivity index (χ0v) is 15.2. The molecule has 0 spiro atoms. The summed E-state index contributed by atoms with van der Waals surface area (Å²) in [5, 5.41) is 18.4. The van der Waals surface area contributed by atoms with Crippen molar-refractivity contribution in [3.05, 3.63) is 35.5 Å². The van der Waals surface area contributed by atoms with E-state index in [0.29, 0.717) is 11.9 Å². The molecule has 1 fully saturated rings. The number of hydrogen-bond donors (Lipinski definition) is 3. The van der Waals surface area contributed by atoms with Gasteiger partial charge in [0.2, 0.25) is 0 Å². The van der Waals surface area contributed by atoms with Crippen LogP contribution in [-0.2, 0) is 0 Å². The third-order valence-electron chi connectivity index (χ3n) is 4.17. The molecule has 1 unspecified atom stereocenters. The molecule has 26 heavy (non-hydrogen) atoms. The fourth-order valence-electron chi connectivity index (χ4n) is 2.89. The van der Waals surface area contributed by atoms with Gasteiger partial charge in [-0.3, -0.25) is 4.98 Å². The van der Waals surface area contributed by atoms with Gasteiger partial charge in [0, 0.05) is 35.9 Å². The van der Waals surface area contributed by atoms with E-state index in [1.54, 1.807) is 30.7 Å². The molecule has 0 aliphatic carbocycles. The number of aliphatic hydroxyl groups excluding tert-OH is 1. The number of fused-ring (bicyclic) bond motifs is 1. The molecular formula is C19H19N5OS. The Morgan fingerprint density at radius 2 is 2.19 bits per heavy atom. The van der Waals surface area contributed by atoms with Crippen LogP contribution in [0.15, 0.2) is 29.9 Å². The molecule has 0 aromatic carbocycles. The summed E-state index contributed by atoms with van der Waals surface area (Å²) < 4.78 is 0.990. The molecule has 3 aromatic heterocycles. The first-order valence-corrected chi connectivity index (χ1v) is 9.45. The Bertz CT molecular complexity index is 968. The Morgan fingerprint density at radius 3 is 2.92 bits per heavy atom. The Kier molecular flexibility index (Phi) is 4.80. The lowest BCUT2D eigenvalue weighted by Gasteiger charge is -2.13. The lowest BCUT2D eigenvalue weighted by Crippen LogP contribution is -2.22. The third kappa shape index (κ3) is 3.53. The second-order valence-corrected chi connectivity index (χ2v) is 7.12. The van der Waals surface area contributed by atoms with Gasteiger partial charge in [-0.15, -0.1) is 11.3 Å². The summed E-state index contributed by atoms with van der Waals surface area (Å²) in [4.78, 5) is 13.6. The van der Waals surface area contributed by atoms with Gasteiger partial charge in [-0.1, -0.05) is 11.8 Å². The van der Waals surface area contributed by atoms with Crippen LogP contribution in [0, 0.1) is 11.8 Å². The minimum atomic E-state index is -0.673. The molecule has 6 nitrogen and oxygen atoms in total. The molecule has 1 saturated heterocycles. The van der Waals surface area contributed by atoms with Crippen LogP contribution in [0.4, 0.5) is 5.82 Å². The standard InChI is InChI=1S/C19H19N5OS/c1-12(25)2-3-14-11-26-17-16(14)23-18(13-4-7-20-8-5-13)24-19(17)22-15-6-9-21-10-15/h4-5,7-8,11-12,15,21,25H,6,9-10H2,1H3,(H,22,23,24)/t12?,15-/m1/s1. The quantitative estimate of drug-likeness (QED) is 0.618. The zero-order valence-electron chi connectivity index (χ0n) is 14.4. The van der Waals surface area contributed by atoms with E-state index >= 15 is 0 Å². The van der Waals surface area contributed by atoms with Crippen molar-refractivity contribution in [2.45, 2.75) is 25.5 Å². The SMILES string of the molecule is CC(O)C#Cc1csc2c(N[C@@H]3CCNC3)nc(-c3ccncc3)nc12. The van der Waals surface area contributed by atoms with E-state index in [2.05, 4.69) is 27.5 Å². The molecule has 3 N–H and O–H groups in total. The fourth-order valence-corrected chi connectivity index (χ4v) is 3.78. The van der Waals surface area contributed by atoms with E-state index in [1.807, 2.05) is 17.5 Å². The van der Waals surface area contributed by atoms with Crippen LogP contribution in [0.25, 0.3) is 21.6 Å². The maximum absolute atomic E-state index is 9.47. The highest BCUT2D eigenvalue weighted by Crippen LogP contribution is 2.32. The average molecular weight is 365 g/mol. The van der Waals surface area contributed by atoms with E-state index in [9.17, 15) is 5.11 Å². The first-order valence-electron chi connectivity index (χ1n) is 8.57. The van der Waals surface area contributed by atoms with Crippen LogP contribution in [0.5, 0.6) is 0 Å². The number of nitrogens with one attached hydrogen (secondary N) is 2. The third-order valence-corrected chi connectivity index (χ3v) is 5.15. The maximum atomic E-state index is 9.47. The molecule has 0 amide bonds. The highest BCUT2D eigenvalue weighted by molar-refractivity contribution is 7.18. The Hall–Kier alpha value is -2.53. The van der Waals surface area contributed by atoms with Crippen LogP contribution in [-0.4, -0.2) is 45.3 Å². The average Bonchev–Trinajstić information content (AvgIpc) is 3.30. The van der Waals surface area contributed by atoms with Crippen molar-refractivity contribution >= 4 is 27.4 Å². The number of nitrogens with zero attached hydrogens (tertiary/aromatic N) is 3. The van der Waals surface area contributed by atoms with Crippen molar-refractivity contribution in [2.75, 3.05) is 18.4 Å². The first kappa shape index (κ1) is 16.9. The summed E-state index contributed by atoms with van der Waals surface area (Å²) in [7, 11) is 0. The van der Waals surface area contributed by atoms with Gasteiger partial charge in [-0.25, -0.2) is 9.97 Å². The number of anilines is 1. The smallest absolute Gasteiger partial charge is 0.162 e. The normalized spacial score (nSPS) is 17.7. The number of thiophene rings is 1. The van der Waals surface area contributed by atoms with Crippen molar-refractivity contribution in [3.63, 3.8) is 0 Å². The lowest BCUT2D eigenvalue weighted by molar-refractivity contribution is 0.253. The van der Waals surface area contributed by atoms with Crippen molar-refractivity contribution in [1.29, 1.82) is 0 Å².